The molecule has 0 radical (unpaired) electrons. The molecule has 1 amide bonds. The van der Waals surface area contributed by atoms with E-state index < -0.39 is 5.91 Å². The minimum Gasteiger partial charge on any atom is -0.490 e. The van der Waals surface area contributed by atoms with E-state index in [1.54, 1.807) is 30.6 Å². The number of hydrogen-bond donors (Lipinski definition) is 1. The molecule has 0 atom stereocenters. The number of benzene rings is 2. The number of fused-ring (bicyclic) bond motifs is 1. The molecule has 3 aromatic rings. The number of carbonyl (C=O) groups excluding carboxylic acids is 1. The molecular weight excluding hydrogens is 521 g/mol. The van der Waals surface area contributed by atoms with E-state index in [1.165, 1.54) is 22.8 Å². The monoisotopic (exact) mass is 537 g/mol. The summed E-state index contributed by atoms with van der Waals surface area (Å²) >= 11 is 14.0. The fourth-order valence-electron chi connectivity index (χ4n) is 3.39. The topological polar surface area (TPSA) is 100 Å². The Balaban J connectivity index is 1.31. The van der Waals surface area contributed by atoms with E-state index in [0.29, 0.717) is 28.1 Å². The van der Waals surface area contributed by atoms with Gasteiger partial charge in [0.15, 0.2) is 11.6 Å². The first-order valence-corrected chi connectivity index (χ1v) is 12.3. The van der Waals surface area contributed by atoms with Gasteiger partial charge in [0.25, 0.3) is 5.91 Å². The Morgan fingerprint density at radius 1 is 1.03 bits per heavy atom. The van der Waals surface area contributed by atoms with Crippen molar-refractivity contribution in [1.29, 1.82) is 5.41 Å². The summed E-state index contributed by atoms with van der Waals surface area (Å²) in [4.78, 5) is 20.9. The van der Waals surface area contributed by atoms with Crippen LogP contribution in [-0.2, 0) is 4.79 Å². The van der Waals surface area contributed by atoms with Gasteiger partial charge >= 0.3 is 0 Å². The molecule has 0 saturated heterocycles. The normalized spacial score (nSPS) is 16.1. The van der Waals surface area contributed by atoms with Crippen molar-refractivity contribution in [3.8, 4) is 11.5 Å². The minimum atomic E-state index is -0.549. The second-order valence-electron chi connectivity index (χ2n) is 7.49. The smallest absolute Gasteiger partial charge is 0.283 e. The van der Waals surface area contributed by atoms with Crippen molar-refractivity contribution in [3.63, 3.8) is 0 Å². The van der Waals surface area contributed by atoms with Crippen molar-refractivity contribution in [2.45, 2.75) is 0 Å². The van der Waals surface area contributed by atoms with Gasteiger partial charge < -0.3 is 9.47 Å². The van der Waals surface area contributed by atoms with Gasteiger partial charge in [-0.25, -0.2) is 0 Å². The zero-order chi connectivity index (χ0) is 25.1. The summed E-state index contributed by atoms with van der Waals surface area (Å²) in [5.41, 5.74) is 1.36. The van der Waals surface area contributed by atoms with E-state index in [-0.39, 0.29) is 28.1 Å². The molecular formula is C25H17Cl2N5O3S. The van der Waals surface area contributed by atoms with Crippen molar-refractivity contribution < 1.29 is 14.3 Å². The third-order valence-corrected chi connectivity index (χ3v) is 6.56. The van der Waals surface area contributed by atoms with Crippen LogP contribution in [0.1, 0.15) is 11.1 Å². The highest BCUT2D eigenvalue weighted by Crippen LogP contribution is 2.36. The van der Waals surface area contributed by atoms with E-state index in [2.05, 4.69) is 15.1 Å². The van der Waals surface area contributed by atoms with E-state index in [4.69, 9.17) is 38.1 Å². The van der Waals surface area contributed by atoms with Gasteiger partial charge in [0.1, 0.15) is 24.0 Å². The molecule has 5 rings (SSSR count). The van der Waals surface area contributed by atoms with Crippen LogP contribution in [0.3, 0.4) is 0 Å². The Morgan fingerprint density at radius 3 is 2.50 bits per heavy atom. The third-order valence-electron chi connectivity index (χ3n) is 5.04. The van der Waals surface area contributed by atoms with Crippen molar-refractivity contribution in [2.75, 3.05) is 13.2 Å². The SMILES string of the molecule is N=C1C(=Cc2cc(Cl)c(OCCOc3ccccc3)c(Cl)c2)C(=O)N=C2SC(c3cccnc3)=NN12. The van der Waals surface area contributed by atoms with Gasteiger partial charge in [-0.1, -0.05) is 41.4 Å². The van der Waals surface area contributed by atoms with E-state index in [9.17, 15) is 4.79 Å². The molecule has 0 bridgehead atoms. The number of halogens is 2. The summed E-state index contributed by atoms with van der Waals surface area (Å²) in [5, 5.41) is 15.8. The Labute approximate surface area is 220 Å². The van der Waals surface area contributed by atoms with Gasteiger partial charge in [-0.3, -0.25) is 15.2 Å². The number of aromatic nitrogens is 1. The number of para-hydroxylation sites is 1. The first-order valence-electron chi connectivity index (χ1n) is 10.7. The highest BCUT2D eigenvalue weighted by molar-refractivity contribution is 8.27. The van der Waals surface area contributed by atoms with Gasteiger partial charge in [-0.05, 0) is 59.8 Å². The number of ether oxygens (including phenoxy) is 2. The van der Waals surface area contributed by atoms with Crippen LogP contribution in [-0.4, -0.2) is 45.2 Å². The zero-order valence-electron chi connectivity index (χ0n) is 18.5. The van der Waals surface area contributed by atoms with Crippen LogP contribution >= 0.6 is 35.0 Å². The standard InChI is InChI=1S/C25H17Cl2N5O3S/c26-19-12-15(13-20(27)21(19)35-10-9-34-17-6-2-1-3-7-17)11-18-22(28)32-25(30-23(18)33)36-24(31-32)16-5-4-8-29-14-16/h1-8,11-14,28H,9-10H2. The Bertz CT molecular complexity index is 1410. The first kappa shape index (κ1) is 24.1. The molecule has 3 heterocycles. The minimum absolute atomic E-state index is 0.0626. The summed E-state index contributed by atoms with van der Waals surface area (Å²) < 4.78 is 11.3. The highest BCUT2D eigenvalue weighted by Gasteiger charge is 2.36. The second-order valence-corrected chi connectivity index (χ2v) is 9.26. The molecule has 2 aliphatic heterocycles. The Hall–Kier alpha value is -3.66. The summed E-state index contributed by atoms with van der Waals surface area (Å²) in [6.07, 6.45) is 4.83. The zero-order valence-corrected chi connectivity index (χ0v) is 20.8. The lowest BCUT2D eigenvalue weighted by molar-refractivity contribution is -0.114. The molecule has 1 aromatic heterocycles. The van der Waals surface area contributed by atoms with Crippen LogP contribution in [0.15, 0.2) is 82.7 Å². The van der Waals surface area contributed by atoms with Gasteiger partial charge in [0.05, 0.1) is 15.6 Å². The van der Waals surface area contributed by atoms with Gasteiger partial charge in [-0.15, -0.1) is 0 Å². The highest BCUT2D eigenvalue weighted by atomic mass is 35.5. The van der Waals surface area contributed by atoms with E-state index in [1.807, 2.05) is 36.4 Å². The number of nitrogens with zero attached hydrogens (tertiary/aromatic N) is 4. The molecule has 0 spiro atoms. The summed E-state index contributed by atoms with van der Waals surface area (Å²) in [6.45, 7) is 0.545. The number of pyridine rings is 1. The number of hydrazone groups is 1. The van der Waals surface area contributed by atoms with Crippen molar-refractivity contribution in [2.24, 2.45) is 10.1 Å². The van der Waals surface area contributed by atoms with Crippen molar-refractivity contribution in [1.82, 2.24) is 9.99 Å². The molecule has 8 nitrogen and oxygen atoms in total. The summed E-state index contributed by atoms with van der Waals surface area (Å²) in [7, 11) is 0. The molecule has 2 aromatic carbocycles. The number of aliphatic imine (C=N–C) groups is 1. The van der Waals surface area contributed by atoms with Crippen molar-refractivity contribution in [3.05, 3.63) is 93.7 Å². The molecule has 11 heteroatoms. The van der Waals surface area contributed by atoms with Crippen LogP contribution in [0.25, 0.3) is 6.08 Å². The van der Waals surface area contributed by atoms with Crippen LogP contribution in [0.4, 0.5) is 0 Å². The molecule has 0 unspecified atom stereocenters. The predicted octanol–water partition coefficient (Wildman–Crippen LogP) is 5.51. The number of carbonyl (C=O) groups is 1. The first-order chi connectivity index (χ1) is 17.5. The number of hydrogen-bond acceptors (Lipinski definition) is 7. The van der Waals surface area contributed by atoms with Crippen LogP contribution in [0.2, 0.25) is 10.0 Å². The predicted molar refractivity (Wildman–Crippen MR) is 142 cm³/mol. The lowest BCUT2D eigenvalue weighted by Gasteiger charge is -2.20. The lowest BCUT2D eigenvalue weighted by atomic mass is 10.1. The third kappa shape index (κ3) is 5.13. The molecule has 0 aliphatic carbocycles. The molecule has 0 fully saturated rings. The van der Waals surface area contributed by atoms with Crippen LogP contribution in [0.5, 0.6) is 11.5 Å². The largest absolute Gasteiger partial charge is 0.490 e. The number of amidine groups is 2. The molecule has 0 saturated carbocycles. The summed E-state index contributed by atoms with van der Waals surface area (Å²) in [5.74, 6) is 0.400. The van der Waals surface area contributed by atoms with Crippen LogP contribution < -0.4 is 9.47 Å². The molecule has 2 aliphatic rings. The maximum atomic E-state index is 12.7. The number of thioether (sulfide) groups is 1. The van der Waals surface area contributed by atoms with E-state index >= 15 is 0 Å². The van der Waals surface area contributed by atoms with Gasteiger partial charge in [0, 0.05) is 18.0 Å². The number of rotatable bonds is 7. The quantitative estimate of drug-likeness (QED) is 0.315. The average molecular weight is 538 g/mol. The maximum absolute atomic E-state index is 12.7. The summed E-state index contributed by atoms with van der Waals surface area (Å²) in [6, 6.07) is 16.2. The average Bonchev–Trinajstić information content (AvgIpc) is 3.31. The fourth-order valence-corrected chi connectivity index (χ4v) is 4.88. The Morgan fingerprint density at radius 2 is 1.78 bits per heavy atom. The van der Waals surface area contributed by atoms with Crippen molar-refractivity contribution >= 4 is 63.0 Å². The van der Waals surface area contributed by atoms with Crippen LogP contribution in [0, 0.1) is 5.41 Å². The van der Waals surface area contributed by atoms with E-state index in [0.717, 1.165) is 11.3 Å². The number of nitrogens with one attached hydrogen (secondary N) is 1. The lowest BCUT2D eigenvalue weighted by Crippen LogP contribution is -2.35. The Kier molecular flexibility index (Phi) is 7.04. The maximum Gasteiger partial charge on any atom is 0.283 e. The molecule has 36 heavy (non-hydrogen) atoms. The number of amides is 1. The molecule has 180 valence electrons. The fraction of sp³-hybridized carbons (Fsp3) is 0.0800. The van der Waals surface area contributed by atoms with Gasteiger partial charge in [0.2, 0.25) is 5.17 Å². The molecule has 1 N–H and O–H groups in total. The van der Waals surface area contributed by atoms with Gasteiger partial charge in [-0.2, -0.15) is 15.1 Å². The second kappa shape index (κ2) is 10.5.